The zero-order valence-electron chi connectivity index (χ0n) is 13.0. The molecule has 6 heteroatoms. The van der Waals surface area contributed by atoms with Crippen molar-refractivity contribution in [2.75, 3.05) is 19.0 Å². The molecule has 4 nitrogen and oxygen atoms in total. The van der Waals surface area contributed by atoms with Crippen LogP contribution in [0.25, 0.3) is 0 Å². The van der Waals surface area contributed by atoms with Crippen molar-refractivity contribution in [3.8, 4) is 11.5 Å². The summed E-state index contributed by atoms with van der Waals surface area (Å²) >= 11 is 5.17. The summed E-state index contributed by atoms with van der Waals surface area (Å²) in [4.78, 5) is 0. The van der Waals surface area contributed by atoms with E-state index in [9.17, 15) is 4.39 Å². The van der Waals surface area contributed by atoms with E-state index < -0.39 is 0 Å². The maximum Gasteiger partial charge on any atom is 0.171 e. The second-order valence-corrected chi connectivity index (χ2v) is 5.37. The number of para-hydroxylation sites is 1. The van der Waals surface area contributed by atoms with Gasteiger partial charge in [0.1, 0.15) is 23.9 Å². The van der Waals surface area contributed by atoms with Crippen LogP contribution < -0.4 is 20.1 Å². The highest BCUT2D eigenvalue weighted by Gasteiger charge is 2.07. The molecule has 122 valence electrons. The minimum absolute atomic E-state index is 0.0381. The van der Waals surface area contributed by atoms with Crippen molar-refractivity contribution < 1.29 is 13.9 Å². The molecule has 0 fully saturated rings. The maximum absolute atomic E-state index is 13.5. The second-order valence-electron chi connectivity index (χ2n) is 4.97. The minimum Gasteiger partial charge on any atom is -0.497 e. The molecule has 1 atom stereocenters. The van der Waals surface area contributed by atoms with Crippen LogP contribution in [0.3, 0.4) is 0 Å². The highest BCUT2D eigenvalue weighted by atomic mass is 32.1. The number of ether oxygens (including phenoxy) is 2. The van der Waals surface area contributed by atoms with Crippen LogP contribution in [0, 0.1) is 5.82 Å². The molecule has 2 aromatic rings. The smallest absolute Gasteiger partial charge is 0.171 e. The third-order valence-electron chi connectivity index (χ3n) is 3.06. The van der Waals surface area contributed by atoms with Gasteiger partial charge in [-0.1, -0.05) is 12.1 Å². The van der Waals surface area contributed by atoms with Gasteiger partial charge in [-0.25, -0.2) is 4.39 Å². The Morgan fingerprint density at radius 2 is 1.78 bits per heavy atom. The van der Waals surface area contributed by atoms with E-state index in [-0.39, 0.29) is 11.9 Å². The molecule has 2 N–H and O–H groups in total. The Balaban J connectivity index is 1.78. The van der Waals surface area contributed by atoms with Crippen LogP contribution in [0.1, 0.15) is 6.92 Å². The first-order valence-electron chi connectivity index (χ1n) is 7.17. The number of hydrogen-bond acceptors (Lipinski definition) is 3. The van der Waals surface area contributed by atoms with Crippen molar-refractivity contribution >= 4 is 23.0 Å². The van der Waals surface area contributed by atoms with Gasteiger partial charge in [0.25, 0.3) is 0 Å². The summed E-state index contributed by atoms with van der Waals surface area (Å²) in [5.74, 6) is 1.17. The monoisotopic (exact) mass is 334 g/mol. The van der Waals surface area contributed by atoms with E-state index in [1.54, 1.807) is 25.3 Å². The van der Waals surface area contributed by atoms with Crippen LogP contribution in [-0.2, 0) is 0 Å². The molecular weight excluding hydrogens is 315 g/mol. The van der Waals surface area contributed by atoms with Crippen LogP contribution in [0.4, 0.5) is 10.1 Å². The van der Waals surface area contributed by atoms with Crippen molar-refractivity contribution in [1.29, 1.82) is 0 Å². The Labute approximate surface area is 140 Å². The first-order valence-corrected chi connectivity index (χ1v) is 7.58. The topological polar surface area (TPSA) is 42.5 Å². The third kappa shape index (κ3) is 5.41. The average molecular weight is 334 g/mol. The molecule has 0 radical (unpaired) electrons. The largest absolute Gasteiger partial charge is 0.497 e. The number of hydrogen-bond donors (Lipinski definition) is 2. The first-order chi connectivity index (χ1) is 11.1. The zero-order valence-corrected chi connectivity index (χ0v) is 13.8. The summed E-state index contributed by atoms with van der Waals surface area (Å²) in [6.45, 7) is 2.35. The van der Waals surface area contributed by atoms with E-state index in [0.717, 1.165) is 11.5 Å². The molecule has 0 saturated carbocycles. The Kier molecular flexibility index (Phi) is 6.17. The molecule has 0 aliphatic rings. The Morgan fingerprint density at radius 1 is 1.13 bits per heavy atom. The molecule has 2 rings (SSSR count). The predicted molar refractivity (Wildman–Crippen MR) is 93.7 cm³/mol. The number of benzene rings is 2. The Morgan fingerprint density at radius 3 is 2.43 bits per heavy atom. The van der Waals surface area contributed by atoms with Gasteiger partial charge >= 0.3 is 0 Å². The van der Waals surface area contributed by atoms with Crippen molar-refractivity contribution in [2.45, 2.75) is 13.0 Å². The highest BCUT2D eigenvalue weighted by molar-refractivity contribution is 7.80. The van der Waals surface area contributed by atoms with Crippen molar-refractivity contribution in [3.05, 3.63) is 54.3 Å². The molecule has 0 amide bonds. The number of thiocarbonyl (C=S) groups is 1. The quantitative estimate of drug-likeness (QED) is 0.790. The van der Waals surface area contributed by atoms with Crippen molar-refractivity contribution in [3.63, 3.8) is 0 Å². The van der Waals surface area contributed by atoms with Crippen LogP contribution in [-0.4, -0.2) is 24.9 Å². The molecule has 0 saturated heterocycles. The average Bonchev–Trinajstić information content (AvgIpc) is 2.55. The zero-order chi connectivity index (χ0) is 16.7. The fraction of sp³-hybridized carbons (Fsp3) is 0.235. The number of anilines is 1. The first kappa shape index (κ1) is 17.0. The fourth-order valence-electron chi connectivity index (χ4n) is 1.88. The normalized spacial score (nSPS) is 11.4. The molecular formula is C17H19FN2O2S. The molecule has 0 spiro atoms. The van der Waals surface area contributed by atoms with Gasteiger partial charge in [-0.15, -0.1) is 0 Å². The second kappa shape index (κ2) is 8.33. The van der Waals surface area contributed by atoms with E-state index in [1.165, 1.54) is 6.07 Å². The Bertz CT molecular complexity index is 649. The fourth-order valence-corrected chi connectivity index (χ4v) is 2.19. The lowest BCUT2D eigenvalue weighted by molar-refractivity contribution is 0.286. The number of methoxy groups -OCH3 is 1. The van der Waals surface area contributed by atoms with Gasteiger partial charge in [-0.2, -0.15) is 0 Å². The number of rotatable bonds is 6. The molecule has 23 heavy (non-hydrogen) atoms. The molecule has 0 bridgehead atoms. The third-order valence-corrected chi connectivity index (χ3v) is 3.28. The van der Waals surface area contributed by atoms with Gasteiger partial charge in [0.15, 0.2) is 5.11 Å². The summed E-state index contributed by atoms with van der Waals surface area (Å²) in [5.41, 5.74) is 0.341. The lowest BCUT2D eigenvalue weighted by Crippen LogP contribution is -2.39. The number of halogens is 1. The summed E-state index contributed by atoms with van der Waals surface area (Å²) in [7, 11) is 1.62. The summed E-state index contributed by atoms with van der Waals surface area (Å²) in [6.07, 6.45) is 0. The Hall–Kier alpha value is -2.34. The van der Waals surface area contributed by atoms with Gasteiger partial charge < -0.3 is 20.1 Å². The standard InChI is InChI=1S/C17H19FN2O2S/c1-12(11-22-14-9-7-13(21-2)8-10-14)19-17(23)20-16-6-4-3-5-15(16)18/h3-10,12H,11H2,1-2H3,(H2,19,20,23)/t12-/m0/s1. The highest BCUT2D eigenvalue weighted by Crippen LogP contribution is 2.17. The van der Waals surface area contributed by atoms with E-state index in [4.69, 9.17) is 21.7 Å². The van der Waals surface area contributed by atoms with Gasteiger partial charge in [0.05, 0.1) is 18.8 Å². The van der Waals surface area contributed by atoms with Gasteiger partial charge in [0, 0.05) is 0 Å². The van der Waals surface area contributed by atoms with E-state index >= 15 is 0 Å². The summed E-state index contributed by atoms with van der Waals surface area (Å²) in [6, 6.07) is 13.7. The molecule has 0 aliphatic heterocycles. The minimum atomic E-state index is -0.348. The van der Waals surface area contributed by atoms with Crippen LogP contribution >= 0.6 is 12.2 Å². The van der Waals surface area contributed by atoms with Crippen molar-refractivity contribution in [2.24, 2.45) is 0 Å². The van der Waals surface area contributed by atoms with Gasteiger partial charge in [-0.3, -0.25) is 0 Å². The lowest BCUT2D eigenvalue weighted by atomic mass is 10.3. The van der Waals surface area contributed by atoms with Gasteiger partial charge in [0.2, 0.25) is 0 Å². The molecule has 2 aromatic carbocycles. The predicted octanol–water partition coefficient (Wildman–Crippen LogP) is 3.59. The van der Waals surface area contributed by atoms with E-state index in [0.29, 0.717) is 17.4 Å². The molecule has 0 heterocycles. The SMILES string of the molecule is COc1ccc(OC[C@H](C)NC(=S)Nc2ccccc2F)cc1. The van der Waals surface area contributed by atoms with Crippen LogP contribution in [0.2, 0.25) is 0 Å². The van der Waals surface area contributed by atoms with Gasteiger partial charge in [-0.05, 0) is 55.5 Å². The summed E-state index contributed by atoms with van der Waals surface area (Å²) in [5, 5.41) is 6.23. The number of nitrogens with one attached hydrogen (secondary N) is 2. The van der Waals surface area contributed by atoms with E-state index in [1.807, 2.05) is 31.2 Å². The van der Waals surface area contributed by atoms with Crippen LogP contribution in [0.15, 0.2) is 48.5 Å². The molecule has 0 unspecified atom stereocenters. The maximum atomic E-state index is 13.5. The molecule has 0 aliphatic carbocycles. The van der Waals surface area contributed by atoms with E-state index in [2.05, 4.69) is 10.6 Å². The summed E-state index contributed by atoms with van der Waals surface area (Å²) < 4.78 is 24.3. The van der Waals surface area contributed by atoms with Crippen LogP contribution in [0.5, 0.6) is 11.5 Å². The molecule has 0 aromatic heterocycles. The lowest BCUT2D eigenvalue weighted by Gasteiger charge is -2.18. The van der Waals surface area contributed by atoms with Crippen molar-refractivity contribution in [1.82, 2.24) is 5.32 Å².